The van der Waals surface area contributed by atoms with Gasteiger partial charge in [-0.1, -0.05) is 0 Å². The van der Waals surface area contributed by atoms with Crippen molar-refractivity contribution in [1.82, 2.24) is 9.80 Å². The minimum Gasteiger partial charge on any atom is -0.459 e. The third kappa shape index (κ3) is 3.26. The van der Waals surface area contributed by atoms with Crippen LogP contribution in [-0.2, 0) is 11.0 Å². The van der Waals surface area contributed by atoms with Gasteiger partial charge in [0.25, 0.3) is 0 Å². The number of halogens is 3. The average molecular weight is 340 g/mol. The van der Waals surface area contributed by atoms with Crippen LogP contribution in [0.5, 0.6) is 0 Å². The molecular formula is C17H19F3N2O2. The molecule has 0 aliphatic carbocycles. The van der Waals surface area contributed by atoms with Gasteiger partial charge >= 0.3 is 6.18 Å². The Morgan fingerprint density at radius 1 is 1.17 bits per heavy atom. The molecule has 1 aliphatic rings. The first-order valence-corrected chi connectivity index (χ1v) is 7.86. The van der Waals surface area contributed by atoms with Crippen LogP contribution in [0.15, 0.2) is 28.7 Å². The fourth-order valence-corrected chi connectivity index (χ4v) is 3.05. The van der Waals surface area contributed by atoms with Crippen molar-refractivity contribution in [1.29, 1.82) is 0 Å². The predicted octanol–water partition coefficient (Wildman–Crippen LogP) is 3.68. The molecule has 0 N–H and O–H groups in total. The van der Waals surface area contributed by atoms with E-state index in [1.54, 1.807) is 17.9 Å². The molecule has 2 aromatic rings. The smallest absolute Gasteiger partial charge is 0.416 e. The lowest BCUT2D eigenvalue weighted by atomic mass is 10.1. The molecule has 1 saturated heterocycles. The molecule has 1 fully saturated rings. The van der Waals surface area contributed by atoms with Gasteiger partial charge in [0.15, 0.2) is 0 Å². The number of fused-ring (bicyclic) bond motifs is 1. The van der Waals surface area contributed by atoms with Crippen LogP contribution in [0.2, 0.25) is 0 Å². The molecule has 1 aromatic heterocycles. The number of amides is 1. The molecule has 1 amide bonds. The van der Waals surface area contributed by atoms with Crippen LogP contribution in [0, 0.1) is 0 Å². The lowest BCUT2D eigenvalue weighted by molar-refractivity contribution is -0.137. The van der Waals surface area contributed by atoms with Crippen LogP contribution in [0.4, 0.5) is 13.2 Å². The van der Waals surface area contributed by atoms with Crippen molar-refractivity contribution in [3.63, 3.8) is 0 Å². The summed E-state index contributed by atoms with van der Waals surface area (Å²) in [5.41, 5.74) is -0.225. The van der Waals surface area contributed by atoms with E-state index < -0.39 is 11.7 Å². The summed E-state index contributed by atoms with van der Waals surface area (Å²) in [4.78, 5) is 15.3. The Hall–Kier alpha value is -2.02. The lowest BCUT2D eigenvalue weighted by Crippen LogP contribution is -2.48. The van der Waals surface area contributed by atoms with Gasteiger partial charge < -0.3 is 9.32 Å². The Morgan fingerprint density at radius 3 is 2.42 bits per heavy atom. The Labute approximate surface area is 137 Å². The maximum absolute atomic E-state index is 12.8. The molecule has 24 heavy (non-hydrogen) atoms. The SMILES string of the molecule is CC(=O)N1CCN(C(C)c2cc3cc(C(F)(F)F)ccc3o2)CC1. The van der Waals surface area contributed by atoms with Gasteiger partial charge in [0.1, 0.15) is 11.3 Å². The van der Waals surface area contributed by atoms with E-state index in [0.29, 0.717) is 42.9 Å². The number of furan rings is 1. The van der Waals surface area contributed by atoms with E-state index in [2.05, 4.69) is 4.90 Å². The maximum atomic E-state index is 12.8. The first-order valence-electron chi connectivity index (χ1n) is 7.86. The summed E-state index contributed by atoms with van der Waals surface area (Å²) in [6.45, 7) is 6.25. The number of alkyl halides is 3. The van der Waals surface area contributed by atoms with Crippen molar-refractivity contribution in [3.05, 3.63) is 35.6 Å². The molecule has 0 saturated carbocycles. The van der Waals surface area contributed by atoms with Gasteiger partial charge in [0.05, 0.1) is 11.6 Å². The number of hydrogen-bond donors (Lipinski definition) is 0. The summed E-state index contributed by atoms with van der Waals surface area (Å²) in [5, 5.41) is 0.453. The van der Waals surface area contributed by atoms with E-state index in [4.69, 9.17) is 4.42 Å². The van der Waals surface area contributed by atoms with Crippen molar-refractivity contribution in [2.45, 2.75) is 26.1 Å². The number of hydrogen-bond acceptors (Lipinski definition) is 3. The summed E-state index contributed by atoms with van der Waals surface area (Å²) in [6.07, 6.45) is -4.36. The zero-order valence-corrected chi connectivity index (χ0v) is 13.6. The van der Waals surface area contributed by atoms with Gasteiger partial charge in [-0.05, 0) is 31.2 Å². The molecular weight excluding hydrogens is 321 g/mol. The van der Waals surface area contributed by atoms with E-state index in [0.717, 1.165) is 12.1 Å². The molecule has 3 rings (SSSR count). The maximum Gasteiger partial charge on any atom is 0.416 e. The highest BCUT2D eigenvalue weighted by Gasteiger charge is 2.31. The van der Waals surface area contributed by atoms with Gasteiger partial charge in [0.2, 0.25) is 5.91 Å². The molecule has 130 valence electrons. The van der Waals surface area contributed by atoms with Crippen LogP contribution in [0.25, 0.3) is 11.0 Å². The van der Waals surface area contributed by atoms with E-state index in [9.17, 15) is 18.0 Å². The molecule has 7 heteroatoms. The quantitative estimate of drug-likeness (QED) is 0.837. The molecule has 1 atom stereocenters. The second-order valence-electron chi connectivity index (χ2n) is 6.12. The lowest BCUT2D eigenvalue weighted by Gasteiger charge is -2.36. The topological polar surface area (TPSA) is 36.7 Å². The molecule has 0 spiro atoms. The van der Waals surface area contributed by atoms with Gasteiger partial charge in [0, 0.05) is 38.5 Å². The normalized spacial score (nSPS) is 18.1. The Balaban J connectivity index is 1.78. The number of nitrogens with zero attached hydrogens (tertiary/aromatic N) is 2. The van der Waals surface area contributed by atoms with Gasteiger partial charge in [-0.15, -0.1) is 0 Å². The summed E-state index contributed by atoms with van der Waals surface area (Å²) < 4.78 is 44.1. The minimum absolute atomic E-state index is 0.0548. The second kappa shape index (κ2) is 6.12. The predicted molar refractivity (Wildman–Crippen MR) is 83.5 cm³/mol. The van der Waals surface area contributed by atoms with Crippen molar-refractivity contribution in [2.24, 2.45) is 0 Å². The standard InChI is InChI=1S/C17H19F3N2O2/c1-11(21-5-7-22(8-6-21)12(2)23)16-10-13-9-14(17(18,19)20)3-4-15(13)24-16/h3-4,9-11H,5-8H2,1-2H3. The summed E-state index contributed by atoms with van der Waals surface area (Å²) in [5.74, 6) is 0.700. The summed E-state index contributed by atoms with van der Waals surface area (Å²) >= 11 is 0. The third-order valence-corrected chi connectivity index (χ3v) is 4.58. The van der Waals surface area contributed by atoms with Crippen LogP contribution < -0.4 is 0 Å². The van der Waals surface area contributed by atoms with Crippen molar-refractivity contribution in [2.75, 3.05) is 26.2 Å². The molecule has 0 bridgehead atoms. The zero-order valence-electron chi connectivity index (χ0n) is 13.6. The van der Waals surface area contributed by atoms with Gasteiger partial charge in [-0.3, -0.25) is 9.69 Å². The first-order chi connectivity index (χ1) is 11.3. The van der Waals surface area contributed by atoms with E-state index >= 15 is 0 Å². The van der Waals surface area contributed by atoms with Gasteiger partial charge in [-0.2, -0.15) is 13.2 Å². The van der Waals surface area contributed by atoms with Crippen molar-refractivity contribution in [3.8, 4) is 0 Å². The number of rotatable bonds is 2. The highest BCUT2D eigenvalue weighted by atomic mass is 19.4. The monoisotopic (exact) mass is 340 g/mol. The molecule has 1 unspecified atom stereocenters. The zero-order chi connectivity index (χ0) is 17.5. The molecule has 4 nitrogen and oxygen atoms in total. The number of benzene rings is 1. The Morgan fingerprint density at radius 2 is 1.83 bits per heavy atom. The Bertz CT molecular complexity index is 746. The molecule has 0 radical (unpaired) electrons. The van der Waals surface area contributed by atoms with E-state index in [1.165, 1.54) is 6.07 Å². The molecule has 1 aromatic carbocycles. The molecule has 2 heterocycles. The number of piperazine rings is 1. The fourth-order valence-electron chi connectivity index (χ4n) is 3.05. The largest absolute Gasteiger partial charge is 0.459 e. The second-order valence-corrected chi connectivity index (χ2v) is 6.12. The summed E-state index contributed by atoms with van der Waals surface area (Å²) in [6, 6.07) is 5.13. The number of carbonyl (C=O) groups is 1. The summed E-state index contributed by atoms with van der Waals surface area (Å²) in [7, 11) is 0. The van der Waals surface area contributed by atoms with Crippen molar-refractivity contribution >= 4 is 16.9 Å². The molecule has 1 aliphatic heterocycles. The first kappa shape index (κ1) is 16.8. The van der Waals surface area contributed by atoms with E-state index in [-0.39, 0.29) is 11.9 Å². The van der Waals surface area contributed by atoms with Crippen LogP contribution in [-0.4, -0.2) is 41.9 Å². The highest BCUT2D eigenvalue weighted by molar-refractivity contribution is 5.79. The van der Waals surface area contributed by atoms with Crippen molar-refractivity contribution < 1.29 is 22.4 Å². The minimum atomic E-state index is -4.36. The van der Waals surface area contributed by atoms with Crippen LogP contribution in [0.3, 0.4) is 0 Å². The van der Waals surface area contributed by atoms with Crippen LogP contribution in [0.1, 0.15) is 31.2 Å². The average Bonchev–Trinajstić information content (AvgIpc) is 2.96. The van der Waals surface area contributed by atoms with E-state index in [1.807, 2.05) is 6.92 Å². The fraction of sp³-hybridized carbons (Fsp3) is 0.471. The Kier molecular flexibility index (Phi) is 4.29. The number of carbonyl (C=O) groups excluding carboxylic acids is 1. The van der Waals surface area contributed by atoms with Crippen LogP contribution >= 0.6 is 0 Å². The third-order valence-electron chi connectivity index (χ3n) is 4.58. The highest BCUT2D eigenvalue weighted by Crippen LogP contribution is 2.34. The van der Waals surface area contributed by atoms with Gasteiger partial charge in [-0.25, -0.2) is 0 Å².